The molecule has 32 heavy (non-hydrogen) atoms. The number of rotatable bonds is 5. The second-order valence-electron chi connectivity index (χ2n) is 7.42. The molecule has 166 valence electrons. The zero-order valence-corrected chi connectivity index (χ0v) is 17.0. The standard InChI is InChI=1S/C23H20F3N3O3/c24-23(25,26)21-17-8-1-2-9-19(17)27-13-18(21)22(31)28-15-6-5-7-16(12-15)32-14-20(30)29-10-3-4-11-29/h1-2,5-9,12-13H,3-4,10-11,14H2,(H,28,31). The van der Waals surface area contributed by atoms with Gasteiger partial charge in [-0.1, -0.05) is 24.3 Å². The van der Waals surface area contributed by atoms with Gasteiger partial charge in [0.2, 0.25) is 0 Å². The van der Waals surface area contributed by atoms with Crippen molar-refractivity contribution in [1.82, 2.24) is 9.88 Å². The predicted octanol–water partition coefficient (Wildman–Crippen LogP) is 4.51. The molecule has 0 aliphatic carbocycles. The highest BCUT2D eigenvalue weighted by Crippen LogP contribution is 2.37. The molecule has 2 heterocycles. The van der Waals surface area contributed by atoms with Gasteiger partial charge in [-0.2, -0.15) is 13.2 Å². The number of carbonyl (C=O) groups is 2. The van der Waals surface area contributed by atoms with Gasteiger partial charge in [0.05, 0.1) is 16.6 Å². The monoisotopic (exact) mass is 443 g/mol. The minimum Gasteiger partial charge on any atom is -0.484 e. The summed E-state index contributed by atoms with van der Waals surface area (Å²) in [6.45, 7) is 1.27. The fraction of sp³-hybridized carbons (Fsp3) is 0.261. The van der Waals surface area contributed by atoms with E-state index in [2.05, 4.69) is 10.3 Å². The molecular formula is C23H20F3N3O3. The number of hydrogen-bond acceptors (Lipinski definition) is 4. The van der Waals surface area contributed by atoms with Crippen molar-refractivity contribution >= 4 is 28.4 Å². The molecule has 0 spiro atoms. The van der Waals surface area contributed by atoms with Crippen molar-refractivity contribution < 1.29 is 27.5 Å². The number of benzene rings is 2. The number of ether oxygens (including phenoxy) is 1. The number of alkyl halides is 3. The van der Waals surface area contributed by atoms with E-state index in [4.69, 9.17) is 4.74 Å². The van der Waals surface area contributed by atoms with Crippen molar-refractivity contribution in [3.8, 4) is 5.75 Å². The molecule has 1 aliphatic heterocycles. The van der Waals surface area contributed by atoms with Gasteiger partial charge in [-0.05, 0) is 31.0 Å². The third-order valence-corrected chi connectivity index (χ3v) is 5.22. The van der Waals surface area contributed by atoms with Gasteiger partial charge >= 0.3 is 6.18 Å². The summed E-state index contributed by atoms with van der Waals surface area (Å²) in [4.78, 5) is 30.6. The average molecular weight is 443 g/mol. The molecule has 9 heteroatoms. The maximum absolute atomic E-state index is 13.8. The lowest BCUT2D eigenvalue weighted by Crippen LogP contribution is -2.32. The summed E-state index contributed by atoms with van der Waals surface area (Å²) in [5.41, 5.74) is -1.23. The lowest BCUT2D eigenvalue weighted by Gasteiger charge is -2.16. The van der Waals surface area contributed by atoms with Gasteiger partial charge in [0, 0.05) is 36.4 Å². The lowest BCUT2D eigenvalue weighted by atomic mass is 10.0. The summed E-state index contributed by atoms with van der Waals surface area (Å²) in [5, 5.41) is 2.32. The van der Waals surface area contributed by atoms with E-state index < -0.39 is 23.2 Å². The number of likely N-dealkylation sites (tertiary alicyclic amines) is 1. The predicted molar refractivity (Wildman–Crippen MR) is 112 cm³/mol. The molecule has 0 unspecified atom stereocenters. The second kappa shape index (κ2) is 8.86. The Balaban J connectivity index is 1.52. The molecule has 1 aliphatic rings. The number of para-hydroxylation sites is 1. The van der Waals surface area contributed by atoms with E-state index in [1.54, 1.807) is 23.1 Å². The van der Waals surface area contributed by atoms with Crippen LogP contribution >= 0.6 is 0 Å². The summed E-state index contributed by atoms with van der Waals surface area (Å²) in [5.74, 6) is -0.752. The van der Waals surface area contributed by atoms with Crippen LogP contribution in [0.25, 0.3) is 10.9 Å². The van der Waals surface area contributed by atoms with Crippen LogP contribution in [-0.4, -0.2) is 41.4 Å². The number of halogens is 3. The molecule has 2 amide bonds. The van der Waals surface area contributed by atoms with Crippen molar-refractivity contribution in [2.75, 3.05) is 25.0 Å². The van der Waals surface area contributed by atoms with Crippen LogP contribution in [0.5, 0.6) is 5.75 Å². The first-order chi connectivity index (χ1) is 15.3. The summed E-state index contributed by atoms with van der Waals surface area (Å²) >= 11 is 0. The van der Waals surface area contributed by atoms with Crippen LogP contribution in [0.1, 0.15) is 28.8 Å². The molecule has 1 N–H and O–H groups in total. The molecule has 1 aromatic heterocycles. The zero-order valence-electron chi connectivity index (χ0n) is 17.0. The van der Waals surface area contributed by atoms with Crippen molar-refractivity contribution in [3.63, 3.8) is 0 Å². The molecular weight excluding hydrogens is 423 g/mol. The van der Waals surface area contributed by atoms with E-state index in [1.807, 2.05) is 0 Å². The van der Waals surface area contributed by atoms with Gasteiger partial charge in [-0.15, -0.1) is 0 Å². The highest BCUT2D eigenvalue weighted by Gasteiger charge is 2.37. The van der Waals surface area contributed by atoms with Gasteiger partial charge in [-0.3, -0.25) is 14.6 Å². The summed E-state index contributed by atoms with van der Waals surface area (Å²) in [6.07, 6.45) is -1.88. The number of carbonyl (C=O) groups excluding carboxylic acids is 2. The van der Waals surface area contributed by atoms with E-state index >= 15 is 0 Å². The number of anilines is 1. The first-order valence-corrected chi connectivity index (χ1v) is 10.1. The lowest BCUT2D eigenvalue weighted by molar-refractivity contribution is -0.136. The Labute approximate surface area is 182 Å². The Bertz CT molecular complexity index is 1160. The highest BCUT2D eigenvalue weighted by atomic mass is 19.4. The number of nitrogens with zero attached hydrogens (tertiary/aromatic N) is 2. The van der Waals surface area contributed by atoms with Gasteiger partial charge < -0.3 is 15.0 Å². The quantitative estimate of drug-likeness (QED) is 0.630. The highest BCUT2D eigenvalue weighted by molar-refractivity contribution is 6.07. The number of nitrogens with one attached hydrogen (secondary N) is 1. The van der Waals surface area contributed by atoms with Gasteiger partial charge in [0.25, 0.3) is 11.8 Å². The Hall–Kier alpha value is -3.62. The van der Waals surface area contributed by atoms with Gasteiger partial charge in [0.1, 0.15) is 5.75 Å². The Morgan fingerprint density at radius 2 is 1.81 bits per heavy atom. The number of pyridine rings is 1. The SMILES string of the molecule is O=C(Nc1cccc(OCC(=O)N2CCCC2)c1)c1cnc2ccccc2c1C(F)(F)F. The van der Waals surface area contributed by atoms with Gasteiger partial charge in [0.15, 0.2) is 6.61 Å². The van der Waals surface area contributed by atoms with Crippen LogP contribution in [0.2, 0.25) is 0 Å². The molecule has 1 fully saturated rings. The zero-order chi connectivity index (χ0) is 22.7. The van der Waals surface area contributed by atoms with E-state index in [-0.39, 0.29) is 29.1 Å². The number of amides is 2. The maximum Gasteiger partial charge on any atom is 0.417 e. The number of fused-ring (bicyclic) bond motifs is 1. The Morgan fingerprint density at radius 3 is 2.56 bits per heavy atom. The summed E-state index contributed by atoms with van der Waals surface area (Å²) < 4.78 is 46.9. The fourth-order valence-electron chi connectivity index (χ4n) is 3.68. The first-order valence-electron chi connectivity index (χ1n) is 10.1. The van der Waals surface area contributed by atoms with E-state index in [1.165, 1.54) is 30.3 Å². The Morgan fingerprint density at radius 1 is 1.06 bits per heavy atom. The molecule has 0 saturated carbocycles. The molecule has 1 saturated heterocycles. The molecule has 2 aromatic carbocycles. The minimum absolute atomic E-state index is 0.131. The van der Waals surface area contributed by atoms with Crippen LogP contribution in [-0.2, 0) is 11.0 Å². The van der Waals surface area contributed by atoms with E-state index in [9.17, 15) is 22.8 Å². The topological polar surface area (TPSA) is 71.5 Å². The van der Waals surface area contributed by atoms with Crippen molar-refractivity contribution in [3.05, 3.63) is 65.9 Å². The molecule has 0 radical (unpaired) electrons. The van der Waals surface area contributed by atoms with Crippen LogP contribution in [0, 0.1) is 0 Å². The molecule has 0 bridgehead atoms. The number of hydrogen-bond donors (Lipinski definition) is 1. The van der Waals surface area contributed by atoms with Crippen LogP contribution < -0.4 is 10.1 Å². The fourth-order valence-corrected chi connectivity index (χ4v) is 3.68. The normalized spacial score (nSPS) is 13.9. The van der Waals surface area contributed by atoms with Crippen molar-refractivity contribution in [2.24, 2.45) is 0 Å². The molecule has 3 aromatic rings. The van der Waals surface area contributed by atoms with E-state index in [0.717, 1.165) is 19.0 Å². The Kier molecular flexibility index (Phi) is 5.98. The third-order valence-electron chi connectivity index (χ3n) is 5.22. The van der Waals surface area contributed by atoms with Gasteiger partial charge in [-0.25, -0.2) is 0 Å². The van der Waals surface area contributed by atoms with E-state index in [0.29, 0.717) is 18.8 Å². The number of aromatic nitrogens is 1. The summed E-state index contributed by atoms with van der Waals surface area (Å²) in [7, 11) is 0. The largest absolute Gasteiger partial charge is 0.484 e. The smallest absolute Gasteiger partial charge is 0.417 e. The minimum atomic E-state index is -4.74. The van der Waals surface area contributed by atoms with Crippen LogP contribution in [0.15, 0.2) is 54.7 Å². The van der Waals surface area contributed by atoms with Crippen LogP contribution in [0.4, 0.5) is 18.9 Å². The second-order valence-corrected chi connectivity index (χ2v) is 7.42. The maximum atomic E-state index is 13.8. The van der Waals surface area contributed by atoms with Crippen LogP contribution in [0.3, 0.4) is 0 Å². The molecule has 4 rings (SSSR count). The molecule has 6 nitrogen and oxygen atoms in total. The van der Waals surface area contributed by atoms with Crippen molar-refractivity contribution in [1.29, 1.82) is 0 Å². The summed E-state index contributed by atoms with van der Waals surface area (Å²) in [6, 6.07) is 11.9. The average Bonchev–Trinajstić information content (AvgIpc) is 3.31. The van der Waals surface area contributed by atoms with Crippen molar-refractivity contribution in [2.45, 2.75) is 19.0 Å². The third kappa shape index (κ3) is 4.66. The molecule has 0 atom stereocenters. The first kappa shape index (κ1) is 21.6.